The summed E-state index contributed by atoms with van der Waals surface area (Å²) in [6.07, 6.45) is 2.34. The Kier molecular flexibility index (Phi) is 5.37. The molecule has 6 heteroatoms. The number of sulfonamides is 1. The van der Waals surface area contributed by atoms with Gasteiger partial charge in [0.25, 0.3) is 0 Å². The molecule has 4 nitrogen and oxygen atoms in total. The Morgan fingerprint density at radius 2 is 2.25 bits per heavy atom. The fourth-order valence-corrected chi connectivity index (χ4v) is 3.30. The van der Waals surface area contributed by atoms with Crippen LogP contribution in [0.2, 0.25) is 0 Å². The highest BCUT2D eigenvalue weighted by molar-refractivity contribution is 7.89. The predicted octanol–water partition coefficient (Wildman–Crippen LogP) is 1.71. The third-order valence-corrected chi connectivity index (χ3v) is 4.75. The second-order valence-electron chi connectivity index (χ2n) is 3.68. The van der Waals surface area contributed by atoms with Gasteiger partial charge < -0.3 is 0 Å². The first-order valence-corrected chi connectivity index (χ1v) is 7.94. The summed E-state index contributed by atoms with van der Waals surface area (Å²) in [5, 5.41) is 0. The van der Waals surface area contributed by atoms with Crippen LogP contribution in [0.1, 0.15) is 30.3 Å². The van der Waals surface area contributed by atoms with E-state index in [1.54, 1.807) is 16.8 Å². The average molecular weight is 262 g/mol. The highest BCUT2D eigenvalue weighted by Gasteiger charge is 2.09. The first kappa shape index (κ1) is 13.6. The van der Waals surface area contributed by atoms with Gasteiger partial charge in [0.05, 0.1) is 17.0 Å². The van der Waals surface area contributed by atoms with Gasteiger partial charge >= 0.3 is 0 Å². The highest BCUT2D eigenvalue weighted by Crippen LogP contribution is 2.12. The van der Waals surface area contributed by atoms with E-state index in [0.717, 1.165) is 29.8 Å². The third kappa shape index (κ3) is 4.59. The van der Waals surface area contributed by atoms with Crippen LogP contribution >= 0.6 is 11.3 Å². The Morgan fingerprint density at radius 3 is 2.81 bits per heavy atom. The van der Waals surface area contributed by atoms with Gasteiger partial charge in [-0.2, -0.15) is 0 Å². The molecule has 0 aliphatic heterocycles. The standard InChI is InChI=1S/C10H18N2O2S2/c1-3-4-7-16(13,14)12-6-5-10-9(2)11-8-15-10/h8,12H,3-7H2,1-2H3. The molecule has 0 amide bonds. The molecular weight excluding hydrogens is 244 g/mol. The number of hydrogen-bond donors (Lipinski definition) is 1. The summed E-state index contributed by atoms with van der Waals surface area (Å²) < 4.78 is 25.6. The van der Waals surface area contributed by atoms with E-state index < -0.39 is 10.0 Å². The topological polar surface area (TPSA) is 59.1 Å². The summed E-state index contributed by atoms with van der Waals surface area (Å²) in [6.45, 7) is 4.39. The first-order valence-electron chi connectivity index (χ1n) is 5.41. The molecule has 0 bridgehead atoms. The lowest BCUT2D eigenvalue weighted by Gasteiger charge is -2.05. The fourth-order valence-electron chi connectivity index (χ4n) is 1.29. The van der Waals surface area contributed by atoms with Gasteiger partial charge in [0.2, 0.25) is 10.0 Å². The lowest BCUT2D eigenvalue weighted by Crippen LogP contribution is -2.28. The van der Waals surface area contributed by atoms with Gasteiger partial charge in [-0.25, -0.2) is 18.1 Å². The maximum atomic E-state index is 11.5. The number of unbranched alkanes of at least 4 members (excludes halogenated alkanes) is 1. The van der Waals surface area contributed by atoms with Crippen molar-refractivity contribution in [3.8, 4) is 0 Å². The van der Waals surface area contributed by atoms with Gasteiger partial charge in [-0.3, -0.25) is 0 Å². The minimum absolute atomic E-state index is 0.227. The maximum Gasteiger partial charge on any atom is 0.211 e. The van der Waals surface area contributed by atoms with E-state index in [9.17, 15) is 8.42 Å². The molecule has 0 atom stereocenters. The summed E-state index contributed by atoms with van der Waals surface area (Å²) in [5.74, 6) is 0.227. The first-order chi connectivity index (χ1) is 7.55. The molecule has 0 aromatic carbocycles. The lowest BCUT2D eigenvalue weighted by molar-refractivity contribution is 0.578. The largest absolute Gasteiger partial charge is 0.250 e. The van der Waals surface area contributed by atoms with Crippen LogP contribution in [0.4, 0.5) is 0 Å². The number of rotatable bonds is 7. The van der Waals surface area contributed by atoms with Crippen molar-refractivity contribution >= 4 is 21.4 Å². The summed E-state index contributed by atoms with van der Waals surface area (Å²) >= 11 is 1.57. The van der Waals surface area contributed by atoms with E-state index in [0.29, 0.717) is 6.54 Å². The molecule has 0 aliphatic rings. The minimum atomic E-state index is -3.08. The molecule has 16 heavy (non-hydrogen) atoms. The number of aromatic nitrogens is 1. The number of nitrogens with one attached hydrogen (secondary N) is 1. The molecule has 1 rings (SSSR count). The van der Waals surface area contributed by atoms with Crippen molar-refractivity contribution in [2.24, 2.45) is 0 Å². The maximum absolute atomic E-state index is 11.5. The van der Waals surface area contributed by atoms with Crippen LogP contribution in [0.25, 0.3) is 0 Å². The van der Waals surface area contributed by atoms with Crippen LogP contribution in [-0.4, -0.2) is 25.7 Å². The van der Waals surface area contributed by atoms with Crippen molar-refractivity contribution in [3.05, 3.63) is 16.1 Å². The Morgan fingerprint density at radius 1 is 1.50 bits per heavy atom. The molecular formula is C10H18N2O2S2. The van der Waals surface area contributed by atoms with E-state index in [4.69, 9.17) is 0 Å². The van der Waals surface area contributed by atoms with Crippen molar-refractivity contribution < 1.29 is 8.42 Å². The molecule has 0 radical (unpaired) electrons. The fraction of sp³-hybridized carbons (Fsp3) is 0.700. The SMILES string of the molecule is CCCCS(=O)(=O)NCCc1scnc1C. The zero-order valence-electron chi connectivity index (χ0n) is 9.69. The predicted molar refractivity (Wildman–Crippen MR) is 67.3 cm³/mol. The molecule has 0 fully saturated rings. The quantitative estimate of drug-likeness (QED) is 0.814. The number of hydrogen-bond acceptors (Lipinski definition) is 4. The van der Waals surface area contributed by atoms with Gasteiger partial charge in [0.1, 0.15) is 0 Å². The van der Waals surface area contributed by atoms with E-state index in [1.165, 1.54) is 0 Å². The summed E-state index contributed by atoms with van der Waals surface area (Å²) in [6, 6.07) is 0. The molecule has 1 aromatic rings. The summed E-state index contributed by atoms with van der Waals surface area (Å²) in [5.41, 5.74) is 2.79. The molecule has 0 saturated carbocycles. The van der Waals surface area contributed by atoms with Crippen LogP contribution in [0.15, 0.2) is 5.51 Å². The van der Waals surface area contributed by atoms with E-state index in [2.05, 4.69) is 9.71 Å². The van der Waals surface area contributed by atoms with E-state index >= 15 is 0 Å². The second kappa shape index (κ2) is 6.32. The number of aryl methyl sites for hydroxylation is 1. The smallest absolute Gasteiger partial charge is 0.211 e. The molecule has 0 unspecified atom stereocenters. The van der Waals surface area contributed by atoms with Crippen LogP contribution in [-0.2, 0) is 16.4 Å². The van der Waals surface area contributed by atoms with Crippen molar-refractivity contribution in [3.63, 3.8) is 0 Å². The summed E-state index contributed by atoms with van der Waals surface area (Å²) in [4.78, 5) is 5.27. The number of nitrogens with zero attached hydrogens (tertiary/aromatic N) is 1. The van der Waals surface area contributed by atoms with Gasteiger partial charge in [-0.05, 0) is 19.8 Å². The Hall–Kier alpha value is -0.460. The van der Waals surface area contributed by atoms with Crippen molar-refractivity contribution in [1.29, 1.82) is 0 Å². The van der Waals surface area contributed by atoms with Gasteiger partial charge in [-0.15, -0.1) is 11.3 Å². The average Bonchev–Trinajstić information content (AvgIpc) is 2.62. The summed E-state index contributed by atoms with van der Waals surface area (Å²) in [7, 11) is -3.08. The normalized spacial score (nSPS) is 11.9. The van der Waals surface area contributed by atoms with Crippen LogP contribution < -0.4 is 4.72 Å². The van der Waals surface area contributed by atoms with Crippen LogP contribution in [0, 0.1) is 6.92 Å². The molecule has 0 spiro atoms. The third-order valence-electron chi connectivity index (χ3n) is 2.29. The van der Waals surface area contributed by atoms with Crippen molar-refractivity contribution in [2.45, 2.75) is 33.1 Å². The molecule has 0 saturated heterocycles. The van der Waals surface area contributed by atoms with Crippen LogP contribution in [0.3, 0.4) is 0 Å². The lowest BCUT2D eigenvalue weighted by atomic mass is 10.3. The van der Waals surface area contributed by atoms with Crippen molar-refractivity contribution in [2.75, 3.05) is 12.3 Å². The number of thiazole rings is 1. The van der Waals surface area contributed by atoms with Crippen molar-refractivity contribution in [1.82, 2.24) is 9.71 Å². The zero-order chi connectivity index (χ0) is 12.0. The molecule has 1 heterocycles. The van der Waals surface area contributed by atoms with Crippen LogP contribution in [0.5, 0.6) is 0 Å². The van der Waals surface area contributed by atoms with Gasteiger partial charge in [0.15, 0.2) is 0 Å². The zero-order valence-corrected chi connectivity index (χ0v) is 11.3. The molecule has 0 aliphatic carbocycles. The second-order valence-corrected chi connectivity index (χ2v) is 6.54. The van der Waals surface area contributed by atoms with Gasteiger partial charge in [0, 0.05) is 11.4 Å². The molecule has 1 N–H and O–H groups in total. The van der Waals surface area contributed by atoms with E-state index in [-0.39, 0.29) is 5.75 Å². The Bertz CT molecular complexity index is 412. The molecule has 1 aromatic heterocycles. The minimum Gasteiger partial charge on any atom is -0.250 e. The highest BCUT2D eigenvalue weighted by atomic mass is 32.2. The molecule has 92 valence electrons. The Labute approximate surface area is 101 Å². The Balaban J connectivity index is 2.33. The van der Waals surface area contributed by atoms with E-state index in [1.807, 2.05) is 13.8 Å². The monoisotopic (exact) mass is 262 g/mol. The van der Waals surface area contributed by atoms with Gasteiger partial charge in [-0.1, -0.05) is 13.3 Å².